The van der Waals surface area contributed by atoms with Crippen molar-refractivity contribution in [2.45, 2.75) is 11.8 Å². The van der Waals surface area contributed by atoms with Crippen LogP contribution in [0, 0.1) is 6.92 Å². The Bertz CT molecular complexity index is 1210. The number of nitrogens with one attached hydrogen (secondary N) is 1. The van der Waals surface area contributed by atoms with Crippen LogP contribution in [0.5, 0.6) is 11.5 Å². The van der Waals surface area contributed by atoms with E-state index in [1.165, 1.54) is 24.3 Å². The summed E-state index contributed by atoms with van der Waals surface area (Å²) in [6.07, 6.45) is 0. The van der Waals surface area contributed by atoms with E-state index in [-0.39, 0.29) is 22.9 Å². The minimum atomic E-state index is -3.81. The summed E-state index contributed by atoms with van der Waals surface area (Å²) in [7, 11) is -3.81. The predicted octanol–water partition coefficient (Wildman–Crippen LogP) is 2.70. The maximum absolute atomic E-state index is 11.9. The zero-order valence-electron chi connectivity index (χ0n) is 15.4. The van der Waals surface area contributed by atoms with Gasteiger partial charge in [-0.05, 0) is 42.1 Å². The molecule has 0 fully saturated rings. The Morgan fingerprint density at radius 2 is 1.93 bits per heavy atom. The van der Waals surface area contributed by atoms with Gasteiger partial charge in [0, 0.05) is 5.39 Å². The Hall–Kier alpha value is -3.50. The van der Waals surface area contributed by atoms with Crippen molar-refractivity contribution in [2.75, 3.05) is 6.61 Å². The summed E-state index contributed by atoms with van der Waals surface area (Å²) in [4.78, 5) is 11.9. The Labute approximate surface area is 166 Å². The third-order valence-corrected chi connectivity index (χ3v) is 4.95. The average Bonchev–Trinajstić information content (AvgIpc) is 2.68. The summed E-state index contributed by atoms with van der Waals surface area (Å²) in [5.41, 5.74) is 2.96. The van der Waals surface area contributed by atoms with E-state index in [0.29, 0.717) is 16.7 Å². The van der Waals surface area contributed by atoms with Crippen LogP contribution in [-0.4, -0.2) is 26.0 Å². The molecule has 150 valence electrons. The first kappa shape index (κ1) is 20.2. The second kappa shape index (κ2) is 8.25. The molecule has 0 atom stereocenters. The number of fused-ring (bicyclic) bond motifs is 1. The van der Waals surface area contributed by atoms with E-state index in [9.17, 15) is 18.3 Å². The smallest absolute Gasteiger partial charge is 0.279 e. The Morgan fingerprint density at radius 3 is 2.66 bits per heavy atom. The van der Waals surface area contributed by atoms with Gasteiger partial charge in [-0.2, -0.15) is 0 Å². The van der Waals surface area contributed by atoms with Crippen LogP contribution >= 0.6 is 0 Å². The molecule has 0 spiro atoms. The van der Waals surface area contributed by atoms with Gasteiger partial charge in [-0.15, -0.1) is 5.11 Å². The molecule has 0 aromatic heterocycles. The van der Waals surface area contributed by atoms with Crippen LogP contribution in [0.2, 0.25) is 0 Å². The molecule has 3 rings (SSSR count). The molecule has 1 amide bonds. The standard InChI is InChI=1S/C19H18N4O5S/c1-12-10-14(29(20,26)27)7-9-17(12)28-11-18(25)21-23-22-19-15-5-3-2-4-13(15)6-8-16(19)24/h2-10,24H,11H2,1H3,(H2,20,26,27)(H,21,22,25). The van der Waals surface area contributed by atoms with Crippen molar-refractivity contribution in [1.29, 1.82) is 0 Å². The molecule has 29 heavy (non-hydrogen) atoms. The second-order valence-electron chi connectivity index (χ2n) is 6.15. The number of nitrogens with two attached hydrogens (primary N) is 1. The van der Waals surface area contributed by atoms with Crippen molar-refractivity contribution in [2.24, 2.45) is 15.5 Å². The van der Waals surface area contributed by atoms with Gasteiger partial charge in [0.2, 0.25) is 10.0 Å². The van der Waals surface area contributed by atoms with Crippen LogP contribution in [0.15, 0.2) is 69.8 Å². The molecule has 4 N–H and O–H groups in total. The minimum Gasteiger partial charge on any atom is -0.506 e. The van der Waals surface area contributed by atoms with E-state index < -0.39 is 15.9 Å². The first-order chi connectivity index (χ1) is 13.8. The summed E-state index contributed by atoms with van der Waals surface area (Å²) in [6.45, 7) is 1.26. The SMILES string of the molecule is Cc1cc(S(N)(=O)=O)ccc1OCC(=O)NN=Nc1c(O)ccc2ccccc12. The number of nitrogens with zero attached hydrogens (tertiary/aromatic N) is 2. The van der Waals surface area contributed by atoms with Gasteiger partial charge in [-0.3, -0.25) is 4.79 Å². The first-order valence-corrected chi connectivity index (χ1v) is 9.97. The van der Waals surface area contributed by atoms with Crippen molar-refractivity contribution in [1.82, 2.24) is 5.43 Å². The fourth-order valence-corrected chi connectivity index (χ4v) is 3.21. The Kier molecular flexibility index (Phi) is 5.76. The van der Waals surface area contributed by atoms with Crippen LogP contribution < -0.4 is 15.3 Å². The number of phenols is 1. The second-order valence-corrected chi connectivity index (χ2v) is 7.71. The first-order valence-electron chi connectivity index (χ1n) is 8.42. The van der Waals surface area contributed by atoms with Crippen LogP contribution in [-0.2, 0) is 14.8 Å². The van der Waals surface area contributed by atoms with Gasteiger partial charge < -0.3 is 9.84 Å². The largest absolute Gasteiger partial charge is 0.506 e. The third kappa shape index (κ3) is 4.86. The maximum atomic E-state index is 11.9. The van der Waals surface area contributed by atoms with E-state index >= 15 is 0 Å². The molecule has 0 unspecified atom stereocenters. The number of ether oxygens (including phenoxy) is 1. The number of hydrogen-bond acceptors (Lipinski definition) is 7. The number of hydrogen-bond donors (Lipinski definition) is 3. The van der Waals surface area contributed by atoms with E-state index in [2.05, 4.69) is 15.8 Å². The zero-order chi connectivity index (χ0) is 21.0. The highest BCUT2D eigenvalue weighted by Crippen LogP contribution is 2.34. The minimum absolute atomic E-state index is 0.0458. The number of carbonyl (C=O) groups is 1. The lowest BCUT2D eigenvalue weighted by molar-refractivity contribution is -0.123. The molecule has 0 bridgehead atoms. The summed E-state index contributed by atoms with van der Waals surface area (Å²) in [6, 6.07) is 14.6. The molecule has 3 aromatic rings. The van der Waals surface area contributed by atoms with Crippen LogP contribution in [0.3, 0.4) is 0 Å². The van der Waals surface area contributed by atoms with Gasteiger partial charge in [0.25, 0.3) is 5.91 Å². The number of carbonyl (C=O) groups excluding carboxylic acids is 1. The van der Waals surface area contributed by atoms with Gasteiger partial charge in [0.05, 0.1) is 4.90 Å². The number of aromatic hydroxyl groups is 1. The van der Waals surface area contributed by atoms with Crippen molar-refractivity contribution >= 4 is 32.4 Å². The van der Waals surface area contributed by atoms with Crippen molar-refractivity contribution in [3.05, 3.63) is 60.2 Å². The molecule has 9 nitrogen and oxygen atoms in total. The van der Waals surface area contributed by atoms with Gasteiger partial charge in [-0.1, -0.05) is 35.6 Å². The lowest BCUT2D eigenvalue weighted by atomic mass is 10.1. The van der Waals surface area contributed by atoms with E-state index in [1.807, 2.05) is 12.1 Å². The van der Waals surface area contributed by atoms with Gasteiger partial charge >= 0.3 is 0 Å². The number of benzene rings is 3. The van der Waals surface area contributed by atoms with Gasteiger partial charge in [0.15, 0.2) is 6.61 Å². The quantitative estimate of drug-likeness (QED) is 0.420. The van der Waals surface area contributed by atoms with Crippen LogP contribution in [0.25, 0.3) is 10.8 Å². The summed E-state index contributed by atoms with van der Waals surface area (Å²) >= 11 is 0. The molecular weight excluding hydrogens is 396 g/mol. The lowest BCUT2D eigenvalue weighted by Crippen LogP contribution is -2.24. The number of primary sulfonamides is 1. The van der Waals surface area contributed by atoms with Gasteiger partial charge in [0.1, 0.15) is 17.2 Å². The third-order valence-electron chi connectivity index (χ3n) is 4.04. The normalized spacial score (nSPS) is 11.7. The Morgan fingerprint density at radius 1 is 1.17 bits per heavy atom. The van der Waals surface area contributed by atoms with E-state index in [4.69, 9.17) is 9.88 Å². The molecule has 0 saturated carbocycles. The maximum Gasteiger partial charge on any atom is 0.279 e. The molecule has 0 aliphatic carbocycles. The molecular formula is C19H18N4O5S. The molecule has 0 aliphatic heterocycles. The topological polar surface area (TPSA) is 143 Å². The van der Waals surface area contributed by atoms with Crippen LogP contribution in [0.4, 0.5) is 5.69 Å². The lowest BCUT2D eigenvalue weighted by Gasteiger charge is -2.09. The number of amides is 1. The molecule has 0 heterocycles. The summed E-state index contributed by atoms with van der Waals surface area (Å²) in [5, 5.41) is 24.1. The zero-order valence-corrected chi connectivity index (χ0v) is 16.2. The number of rotatable bonds is 6. The summed E-state index contributed by atoms with van der Waals surface area (Å²) < 4.78 is 28.0. The number of phenolic OH excluding ortho intramolecular Hbond substituents is 1. The predicted molar refractivity (Wildman–Crippen MR) is 106 cm³/mol. The van der Waals surface area contributed by atoms with Crippen LogP contribution in [0.1, 0.15) is 5.56 Å². The molecule has 10 heteroatoms. The monoisotopic (exact) mass is 414 g/mol. The Balaban J connectivity index is 1.63. The molecule has 3 aromatic carbocycles. The van der Waals surface area contributed by atoms with Crippen molar-refractivity contribution < 1.29 is 23.1 Å². The number of aryl methyl sites for hydroxylation is 1. The summed E-state index contributed by atoms with van der Waals surface area (Å²) in [5.74, 6) is -0.317. The fraction of sp³-hybridized carbons (Fsp3) is 0.105. The van der Waals surface area contributed by atoms with Crippen molar-refractivity contribution in [3.63, 3.8) is 0 Å². The highest BCUT2D eigenvalue weighted by molar-refractivity contribution is 7.89. The van der Waals surface area contributed by atoms with E-state index in [1.54, 1.807) is 25.1 Å². The molecule has 0 radical (unpaired) electrons. The highest BCUT2D eigenvalue weighted by atomic mass is 32.2. The molecule has 0 aliphatic rings. The van der Waals surface area contributed by atoms with Crippen molar-refractivity contribution in [3.8, 4) is 11.5 Å². The number of sulfonamides is 1. The van der Waals surface area contributed by atoms with Gasteiger partial charge in [-0.25, -0.2) is 19.0 Å². The fourth-order valence-electron chi connectivity index (χ4n) is 2.62. The molecule has 0 saturated heterocycles. The highest BCUT2D eigenvalue weighted by Gasteiger charge is 2.11. The van der Waals surface area contributed by atoms with E-state index in [0.717, 1.165) is 5.39 Å². The average molecular weight is 414 g/mol.